The van der Waals surface area contributed by atoms with Gasteiger partial charge in [0.05, 0.1) is 6.07 Å². The van der Waals surface area contributed by atoms with Gasteiger partial charge >= 0.3 is 6.36 Å². The van der Waals surface area contributed by atoms with E-state index in [0.29, 0.717) is 11.1 Å². The Hall–Kier alpha value is -1.49. The average Bonchev–Trinajstić information content (AvgIpc) is 3.25. The second-order valence-electron chi connectivity index (χ2n) is 6.20. The number of hydrogen-bond acceptors (Lipinski definition) is 4. The second-order valence-corrected chi connectivity index (χ2v) is 6.61. The van der Waals surface area contributed by atoms with Crippen molar-refractivity contribution in [3.05, 3.63) is 28.3 Å². The zero-order chi connectivity index (χ0) is 18.1. The minimum absolute atomic E-state index is 0.0696. The van der Waals surface area contributed by atoms with Gasteiger partial charge in [-0.3, -0.25) is 5.32 Å². The topological polar surface area (TPSA) is 65.3 Å². The average molecular weight is 363 g/mol. The molecule has 4 nitrogen and oxygen atoms in total. The van der Waals surface area contributed by atoms with Crippen LogP contribution in [0.3, 0.4) is 0 Å². The van der Waals surface area contributed by atoms with Crippen molar-refractivity contribution in [1.29, 1.82) is 5.26 Å². The smallest absolute Gasteiger partial charge is 0.406 e. The molecule has 0 radical (unpaired) electrons. The number of nitriles is 1. The number of aliphatic hydroxyl groups is 1. The number of aliphatic hydroxyl groups excluding tert-OH is 1. The molecule has 1 aliphatic rings. The molecule has 1 saturated carbocycles. The van der Waals surface area contributed by atoms with E-state index in [2.05, 4.69) is 16.1 Å². The van der Waals surface area contributed by atoms with Crippen LogP contribution in [-0.2, 0) is 6.42 Å². The molecule has 8 heteroatoms. The van der Waals surface area contributed by atoms with Crippen LogP contribution in [0.4, 0.5) is 13.2 Å². The number of ether oxygens (including phenoxy) is 1. The maximum Gasteiger partial charge on any atom is 0.573 e. The molecule has 2 unspecified atom stereocenters. The lowest BCUT2D eigenvalue weighted by molar-refractivity contribution is -0.274. The molecule has 1 fully saturated rings. The normalized spacial score (nSPS) is 18.6. The third-order valence-electron chi connectivity index (χ3n) is 4.12. The number of aryl methyl sites for hydroxylation is 1. The van der Waals surface area contributed by atoms with Gasteiger partial charge in [0.25, 0.3) is 0 Å². The van der Waals surface area contributed by atoms with E-state index in [1.807, 2.05) is 0 Å². The van der Waals surface area contributed by atoms with E-state index in [-0.39, 0.29) is 17.4 Å². The summed E-state index contributed by atoms with van der Waals surface area (Å²) in [5, 5.41) is 22.5. The largest absolute Gasteiger partial charge is 0.573 e. The lowest BCUT2D eigenvalue weighted by Gasteiger charge is -2.27. The van der Waals surface area contributed by atoms with E-state index in [4.69, 9.17) is 11.6 Å². The van der Waals surface area contributed by atoms with Crippen molar-refractivity contribution >= 4 is 11.6 Å². The standard InChI is InChI=1S/C16H18ClF3N2O2/c1-9-5-11(24-16(18,19)20)6-13(17)12(9)7-14(23)22-15(2,8-21)10-3-4-10/h5-6,10,14,22-23H,3-4,7H2,1-2H3. The van der Waals surface area contributed by atoms with Crippen LogP contribution in [0.1, 0.15) is 30.9 Å². The molecular weight excluding hydrogens is 345 g/mol. The zero-order valence-corrected chi connectivity index (χ0v) is 14.0. The maximum absolute atomic E-state index is 12.3. The molecule has 2 atom stereocenters. The summed E-state index contributed by atoms with van der Waals surface area (Å²) in [4.78, 5) is 0. The van der Waals surface area contributed by atoms with E-state index in [1.165, 1.54) is 6.07 Å². The third-order valence-corrected chi connectivity index (χ3v) is 4.45. The Labute approximate surface area is 143 Å². The van der Waals surface area contributed by atoms with Crippen LogP contribution in [0, 0.1) is 24.2 Å². The SMILES string of the molecule is Cc1cc(OC(F)(F)F)cc(Cl)c1CC(O)NC(C)(C#N)C1CC1. The first-order chi connectivity index (χ1) is 11.0. The van der Waals surface area contributed by atoms with Gasteiger partial charge in [0, 0.05) is 11.4 Å². The molecule has 0 aromatic heterocycles. The minimum Gasteiger partial charge on any atom is -0.406 e. The molecule has 132 valence electrons. The first-order valence-corrected chi connectivity index (χ1v) is 7.83. The monoisotopic (exact) mass is 362 g/mol. The van der Waals surface area contributed by atoms with Gasteiger partial charge in [-0.25, -0.2) is 0 Å². The Kier molecular flexibility index (Phi) is 5.33. The molecule has 0 saturated heterocycles. The van der Waals surface area contributed by atoms with Crippen LogP contribution in [0.5, 0.6) is 5.75 Å². The molecule has 0 amide bonds. The number of rotatable bonds is 6. The van der Waals surface area contributed by atoms with Gasteiger partial charge in [-0.2, -0.15) is 5.26 Å². The number of halogens is 4. The third kappa shape index (κ3) is 4.76. The fraction of sp³-hybridized carbons (Fsp3) is 0.562. The lowest BCUT2D eigenvalue weighted by atomic mass is 9.96. The summed E-state index contributed by atoms with van der Waals surface area (Å²) in [7, 11) is 0. The summed E-state index contributed by atoms with van der Waals surface area (Å²) in [6, 6.07) is 4.45. The van der Waals surface area contributed by atoms with E-state index in [1.54, 1.807) is 13.8 Å². The number of benzene rings is 1. The van der Waals surface area contributed by atoms with Gasteiger partial charge in [-0.1, -0.05) is 11.6 Å². The Morgan fingerprint density at radius 1 is 1.46 bits per heavy atom. The summed E-state index contributed by atoms with van der Waals surface area (Å²) in [6.45, 7) is 3.31. The van der Waals surface area contributed by atoms with Gasteiger partial charge in [-0.05, 0) is 55.9 Å². The van der Waals surface area contributed by atoms with Crippen molar-refractivity contribution in [2.24, 2.45) is 5.92 Å². The summed E-state index contributed by atoms with van der Waals surface area (Å²) >= 11 is 6.04. The number of alkyl halides is 3. The molecule has 24 heavy (non-hydrogen) atoms. The van der Waals surface area contributed by atoms with Crippen LogP contribution in [0.2, 0.25) is 5.02 Å². The molecule has 0 aliphatic heterocycles. The highest BCUT2D eigenvalue weighted by Gasteiger charge is 2.43. The van der Waals surface area contributed by atoms with Crippen molar-refractivity contribution in [2.75, 3.05) is 0 Å². The molecule has 0 heterocycles. The molecule has 2 rings (SSSR count). The van der Waals surface area contributed by atoms with E-state index in [0.717, 1.165) is 18.9 Å². The summed E-state index contributed by atoms with van der Waals surface area (Å²) in [5.41, 5.74) is 0.133. The number of nitrogens with zero attached hydrogens (tertiary/aromatic N) is 1. The van der Waals surface area contributed by atoms with E-state index >= 15 is 0 Å². The Morgan fingerprint density at radius 2 is 2.08 bits per heavy atom. The highest BCUT2D eigenvalue weighted by atomic mass is 35.5. The first kappa shape index (κ1) is 18.8. The molecule has 2 N–H and O–H groups in total. The van der Waals surface area contributed by atoms with Crippen molar-refractivity contribution in [1.82, 2.24) is 5.32 Å². The lowest BCUT2D eigenvalue weighted by Crippen LogP contribution is -2.49. The minimum atomic E-state index is -4.79. The first-order valence-electron chi connectivity index (χ1n) is 7.46. The highest BCUT2D eigenvalue weighted by molar-refractivity contribution is 6.31. The molecular formula is C16H18ClF3N2O2. The van der Waals surface area contributed by atoms with Crippen LogP contribution in [0.15, 0.2) is 12.1 Å². The fourth-order valence-corrected chi connectivity index (χ4v) is 3.02. The van der Waals surface area contributed by atoms with Crippen molar-refractivity contribution in [3.8, 4) is 11.8 Å². The van der Waals surface area contributed by atoms with Gasteiger partial charge in [0.1, 0.15) is 17.5 Å². The predicted octanol–water partition coefficient (Wildman–Crippen LogP) is 3.69. The molecule has 1 aromatic rings. The molecule has 1 aliphatic carbocycles. The van der Waals surface area contributed by atoms with Crippen LogP contribution in [0.25, 0.3) is 0 Å². The Balaban J connectivity index is 2.10. The maximum atomic E-state index is 12.3. The quantitative estimate of drug-likeness (QED) is 0.757. The van der Waals surface area contributed by atoms with Crippen LogP contribution >= 0.6 is 11.6 Å². The van der Waals surface area contributed by atoms with Crippen molar-refractivity contribution < 1.29 is 23.0 Å². The summed E-state index contributed by atoms with van der Waals surface area (Å²) in [6.07, 6.45) is -3.92. The van der Waals surface area contributed by atoms with Crippen LogP contribution < -0.4 is 10.1 Å². The van der Waals surface area contributed by atoms with Gasteiger partial charge < -0.3 is 9.84 Å². The number of hydrogen-bond donors (Lipinski definition) is 2. The second kappa shape index (κ2) is 6.79. The molecule has 0 bridgehead atoms. The molecule has 0 spiro atoms. The van der Waals surface area contributed by atoms with Crippen LogP contribution in [-0.4, -0.2) is 23.2 Å². The fourth-order valence-electron chi connectivity index (χ4n) is 2.69. The van der Waals surface area contributed by atoms with Gasteiger partial charge in [-0.15, -0.1) is 13.2 Å². The molecule has 1 aromatic carbocycles. The van der Waals surface area contributed by atoms with Crippen molar-refractivity contribution in [3.63, 3.8) is 0 Å². The zero-order valence-electron chi connectivity index (χ0n) is 13.2. The number of nitrogens with one attached hydrogen (secondary N) is 1. The highest BCUT2D eigenvalue weighted by Crippen LogP contribution is 2.39. The Bertz CT molecular complexity index is 633. The van der Waals surface area contributed by atoms with Crippen molar-refractivity contribution in [2.45, 2.75) is 51.2 Å². The van der Waals surface area contributed by atoms with Gasteiger partial charge in [0.15, 0.2) is 0 Å². The van der Waals surface area contributed by atoms with E-state index in [9.17, 15) is 23.5 Å². The van der Waals surface area contributed by atoms with Gasteiger partial charge in [0.2, 0.25) is 0 Å². The summed E-state index contributed by atoms with van der Waals surface area (Å²) in [5.74, 6) is -0.215. The Morgan fingerprint density at radius 3 is 2.54 bits per heavy atom. The van der Waals surface area contributed by atoms with E-state index < -0.39 is 23.9 Å². The summed E-state index contributed by atoms with van der Waals surface area (Å²) < 4.78 is 40.7. The predicted molar refractivity (Wildman–Crippen MR) is 82.5 cm³/mol.